The molecule has 0 aromatic heterocycles. The van der Waals surface area contributed by atoms with E-state index in [-0.39, 0.29) is 17.5 Å². The Balaban J connectivity index is 2.61. The number of rotatable bonds is 7. The van der Waals surface area contributed by atoms with Crippen LogP contribution in [-0.2, 0) is 11.3 Å². The number of nitrogen functional groups attached to an aromatic ring is 1. The number of hydrogen-bond acceptors (Lipinski definition) is 3. The second-order valence-electron chi connectivity index (χ2n) is 4.85. The molecule has 0 saturated heterocycles. The molecule has 0 fully saturated rings. The van der Waals surface area contributed by atoms with Crippen molar-refractivity contribution in [3.05, 3.63) is 35.1 Å². The lowest BCUT2D eigenvalue weighted by Gasteiger charge is -2.18. The highest BCUT2D eigenvalue weighted by Crippen LogP contribution is 2.14. The van der Waals surface area contributed by atoms with Crippen molar-refractivity contribution in [2.75, 3.05) is 20.2 Å². The van der Waals surface area contributed by atoms with Gasteiger partial charge < -0.3 is 10.5 Å². The first-order chi connectivity index (χ1) is 8.91. The average Bonchev–Trinajstić information content (AvgIpc) is 2.31. The maximum atomic E-state index is 14.1. The zero-order valence-corrected chi connectivity index (χ0v) is 11.7. The highest BCUT2D eigenvalue weighted by atomic mass is 19.1. The molecule has 1 aromatic carbocycles. The molecule has 0 unspecified atom stereocenters. The molecule has 19 heavy (non-hydrogen) atoms. The first-order valence-corrected chi connectivity index (χ1v) is 6.33. The van der Waals surface area contributed by atoms with Gasteiger partial charge in [-0.15, -0.1) is 0 Å². The molecular weight excluding hydrogens is 245 g/mol. The van der Waals surface area contributed by atoms with Crippen LogP contribution in [0.25, 0.3) is 0 Å². The number of likely N-dealkylation sites (N-methyl/N-ethyl adjacent to an activating group) is 1. The van der Waals surface area contributed by atoms with Crippen LogP contribution in [0.4, 0.5) is 4.39 Å². The smallest absolute Gasteiger partial charge is 0.138 e. The lowest BCUT2D eigenvalue weighted by Crippen LogP contribution is -2.25. The van der Waals surface area contributed by atoms with Crippen molar-refractivity contribution in [3.63, 3.8) is 0 Å². The van der Waals surface area contributed by atoms with E-state index in [9.17, 15) is 4.39 Å². The zero-order valence-electron chi connectivity index (χ0n) is 11.7. The number of nitrogens with two attached hydrogens (primary N) is 1. The first kappa shape index (κ1) is 15.6. The Kier molecular flexibility index (Phi) is 5.92. The number of nitrogens with zero attached hydrogens (tertiary/aromatic N) is 1. The van der Waals surface area contributed by atoms with Crippen LogP contribution in [0.15, 0.2) is 18.2 Å². The molecule has 1 aromatic rings. The van der Waals surface area contributed by atoms with Crippen LogP contribution < -0.4 is 5.73 Å². The summed E-state index contributed by atoms with van der Waals surface area (Å²) >= 11 is 0. The standard InChI is InChI=1S/C14H22FN3O/c1-10(2)19-8-7-18(3)9-11-5-4-6-12(13(11)15)14(16)17/h4-6,10H,7-9H2,1-3H3,(H3,16,17). The van der Waals surface area contributed by atoms with Gasteiger partial charge in [-0.05, 0) is 27.0 Å². The predicted octanol–water partition coefficient (Wildman–Crippen LogP) is 1.97. The van der Waals surface area contributed by atoms with E-state index >= 15 is 0 Å². The van der Waals surface area contributed by atoms with Gasteiger partial charge in [-0.25, -0.2) is 4.39 Å². The monoisotopic (exact) mass is 267 g/mol. The number of amidine groups is 1. The van der Waals surface area contributed by atoms with Crippen LogP contribution >= 0.6 is 0 Å². The van der Waals surface area contributed by atoms with E-state index < -0.39 is 5.82 Å². The normalized spacial score (nSPS) is 11.3. The number of nitrogens with one attached hydrogen (secondary N) is 1. The molecule has 4 nitrogen and oxygen atoms in total. The Morgan fingerprint density at radius 1 is 1.47 bits per heavy atom. The van der Waals surface area contributed by atoms with Gasteiger partial charge in [-0.1, -0.05) is 12.1 Å². The summed E-state index contributed by atoms with van der Waals surface area (Å²) in [7, 11) is 1.91. The van der Waals surface area contributed by atoms with E-state index in [2.05, 4.69) is 0 Å². The maximum absolute atomic E-state index is 14.1. The molecule has 0 amide bonds. The second-order valence-corrected chi connectivity index (χ2v) is 4.85. The van der Waals surface area contributed by atoms with Crippen LogP contribution in [0, 0.1) is 11.2 Å². The lowest BCUT2D eigenvalue weighted by molar-refractivity contribution is 0.0625. The molecule has 1 rings (SSSR count). The molecule has 0 bridgehead atoms. The summed E-state index contributed by atoms with van der Waals surface area (Å²) in [5.41, 5.74) is 6.04. The quantitative estimate of drug-likeness (QED) is 0.586. The third-order valence-electron chi connectivity index (χ3n) is 2.73. The van der Waals surface area contributed by atoms with Gasteiger partial charge in [-0.2, -0.15) is 0 Å². The van der Waals surface area contributed by atoms with Gasteiger partial charge in [0.2, 0.25) is 0 Å². The Morgan fingerprint density at radius 2 is 2.16 bits per heavy atom. The summed E-state index contributed by atoms with van der Waals surface area (Å²) < 4.78 is 19.5. The molecule has 0 radical (unpaired) electrons. The fourth-order valence-electron chi connectivity index (χ4n) is 1.72. The van der Waals surface area contributed by atoms with E-state index in [1.165, 1.54) is 6.07 Å². The van der Waals surface area contributed by atoms with Crippen molar-refractivity contribution in [3.8, 4) is 0 Å². The third-order valence-corrected chi connectivity index (χ3v) is 2.73. The van der Waals surface area contributed by atoms with E-state index in [1.807, 2.05) is 25.8 Å². The maximum Gasteiger partial charge on any atom is 0.138 e. The minimum atomic E-state index is -0.411. The molecule has 3 N–H and O–H groups in total. The summed E-state index contributed by atoms with van der Waals surface area (Å²) in [5.74, 6) is -0.656. The van der Waals surface area contributed by atoms with Crippen LogP contribution in [-0.4, -0.2) is 37.0 Å². The number of ether oxygens (including phenoxy) is 1. The van der Waals surface area contributed by atoms with Crippen LogP contribution in [0.1, 0.15) is 25.0 Å². The Hall–Kier alpha value is -1.46. The van der Waals surface area contributed by atoms with Gasteiger partial charge in [-0.3, -0.25) is 10.3 Å². The van der Waals surface area contributed by atoms with Crippen LogP contribution in [0.5, 0.6) is 0 Å². The SMILES string of the molecule is CC(C)OCCN(C)Cc1cccc(C(=N)N)c1F. The van der Waals surface area contributed by atoms with E-state index in [0.717, 1.165) is 6.54 Å². The second kappa shape index (κ2) is 7.21. The van der Waals surface area contributed by atoms with E-state index in [1.54, 1.807) is 12.1 Å². The van der Waals surface area contributed by atoms with Gasteiger partial charge >= 0.3 is 0 Å². The molecule has 0 aliphatic rings. The molecule has 0 saturated carbocycles. The van der Waals surface area contributed by atoms with Crippen molar-refractivity contribution in [1.82, 2.24) is 4.90 Å². The predicted molar refractivity (Wildman–Crippen MR) is 74.8 cm³/mol. The van der Waals surface area contributed by atoms with Gasteiger partial charge in [0.1, 0.15) is 11.7 Å². The van der Waals surface area contributed by atoms with Crippen molar-refractivity contribution in [2.24, 2.45) is 5.73 Å². The molecule has 106 valence electrons. The third kappa shape index (κ3) is 4.96. The molecule has 0 aliphatic carbocycles. The fraction of sp³-hybridized carbons (Fsp3) is 0.500. The molecular formula is C14H22FN3O. The molecule has 5 heteroatoms. The van der Waals surface area contributed by atoms with E-state index in [0.29, 0.717) is 18.7 Å². The Bertz CT molecular complexity index is 435. The van der Waals surface area contributed by atoms with Crippen molar-refractivity contribution >= 4 is 5.84 Å². The fourth-order valence-corrected chi connectivity index (χ4v) is 1.72. The molecule has 0 spiro atoms. The number of halogens is 1. The van der Waals surface area contributed by atoms with Crippen LogP contribution in [0.3, 0.4) is 0 Å². The first-order valence-electron chi connectivity index (χ1n) is 6.33. The summed E-state index contributed by atoms with van der Waals surface area (Å²) in [6.07, 6.45) is 0.200. The Morgan fingerprint density at radius 3 is 2.74 bits per heavy atom. The summed E-state index contributed by atoms with van der Waals surface area (Å²) in [6, 6.07) is 4.94. The van der Waals surface area contributed by atoms with Gasteiger partial charge in [0.15, 0.2) is 0 Å². The highest BCUT2D eigenvalue weighted by Gasteiger charge is 2.11. The van der Waals surface area contributed by atoms with E-state index in [4.69, 9.17) is 15.9 Å². The van der Waals surface area contributed by atoms with Gasteiger partial charge in [0.05, 0.1) is 18.3 Å². The summed E-state index contributed by atoms with van der Waals surface area (Å²) in [5, 5.41) is 7.32. The van der Waals surface area contributed by atoms with Gasteiger partial charge in [0.25, 0.3) is 0 Å². The number of benzene rings is 1. The van der Waals surface area contributed by atoms with Crippen molar-refractivity contribution in [2.45, 2.75) is 26.5 Å². The minimum Gasteiger partial charge on any atom is -0.384 e. The van der Waals surface area contributed by atoms with Crippen molar-refractivity contribution in [1.29, 1.82) is 5.41 Å². The number of hydrogen-bond donors (Lipinski definition) is 2. The topological polar surface area (TPSA) is 62.3 Å². The molecule has 0 heterocycles. The van der Waals surface area contributed by atoms with Crippen molar-refractivity contribution < 1.29 is 9.13 Å². The molecule has 0 aliphatic heterocycles. The average molecular weight is 267 g/mol. The Labute approximate surface area is 113 Å². The minimum absolute atomic E-state index is 0.157. The van der Waals surface area contributed by atoms with Crippen LogP contribution in [0.2, 0.25) is 0 Å². The zero-order chi connectivity index (χ0) is 14.4. The largest absolute Gasteiger partial charge is 0.384 e. The lowest BCUT2D eigenvalue weighted by atomic mass is 10.1. The van der Waals surface area contributed by atoms with Gasteiger partial charge in [0, 0.05) is 18.7 Å². The highest BCUT2D eigenvalue weighted by molar-refractivity contribution is 5.95. The summed E-state index contributed by atoms with van der Waals surface area (Å²) in [6.45, 7) is 5.77. The molecule has 0 atom stereocenters. The summed E-state index contributed by atoms with van der Waals surface area (Å²) in [4.78, 5) is 1.98.